The first-order valence-corrected chi connectivity index (χ1v) is 9.79. The second-order valence-corrected chi connectivity index (χ2v) is 7.35. The summed E-state index contributed by atoms with van der Waals surface area (Å²) in [5.41, 5.74) is 4.04. The number of amides is 1. The van der Waals surface area contributed by atoms with Gasteiger partial charge in [0.25, 0.3) is 11.5 Å². The Bertz CT molecular complexity index is 1020. The van der Waals surface area contributed by atoms with Crippen LogP contribution in [0.1, 0.15) is 24.4 Å². The molecule has 6 nitrogen and oxygen atoms in total. The summed E-state index contributed by atoms with van der Waals surface area (Å²) in [6, 6.07) is 17.1. The molecule has 0 unspecified atom stereocenters. The lowest BCUT2D eigenvalue weighted by Crippen LogP contribution is -2.27. The fourth-order valence-corrected chi connectivity index (χ4v) is 3.67. The Kier molecular flexibility index (Phi) is 5.22. The molecule has 7 heteroatoms. The zero-order chi connectivity index (χ0) is 18.6. The van der Waals surface area contributed by atoms with Gasteiger partial charge in [-0.05, 0) is 30.5 Å². The number of para-hydroxylation sites is 1. The third kappa shape index (κ3) is 4.20. The summed E-state index contributed by atoms with van der Waals surface area (Å²) in [7, 11) is 0. The lowest BCUT2D eigenvalue weighted by molar-refractivity contribution is -0.131. The lowest BCUT2D eigenvalue weighted by atomic mass is 10.2. The van der Waals surface area contributed by atoms with Crippen LogP contribution in [0.2, 0.25) is 0 Å². The third-order valence-electron chi connectivity index (χ3n) is 4.29. The van der Waals surface area contributed by atoms with Gasteiger partial charge in [0, 0.05) is 6.04 Å². The zero-order valence-electron chi connectivity index (χ0n) is 14.6. The molecule has 0 spiro atoms. The SMILES string of the molecule is O=C(CSc1nc2ccccc2c(=O)n1C1CC1)NOCc1ccccc1. The van der Waals surface area contributed by atoms with Crippen molar-refractivity contribution in [1.82, 2.24) is 15.0 Å². The van der Waals surface area contributed by atoms with Crippen LogP contribution in [0.15, 0.2) is 64.5 Å². The van der Waals surface area contributed by atoms with Gasteiger partial charge in [-0.25, -0.2) is 10.5 Å². The van der Waals surface area contributed by atoms with Crippen LogP contribution in [0, 0.1) is 0 Å². The largest absolute Gasteiger partial charge is 0.284 e. The Balaban J connectivity index is 1.41. The molecule has 1 amide bonds. The van der Waals surface area contributed by atoms with Crippen LogP contribution < -0.4 is 11.0 Å². The fourth-order valence-electron chi connectivity index (χ4n) is 2.82. The maximum atomic E-state index is 12.8. The van der Waals surface area contributed by atoms with Crippen LogP contribution in [0.4, 0.5) is 0 Å². The second kappa shape index (κ2) is 7.94. The van der Waals surface area contributed by atoms with Crippen molar-refractivity contribution < 1.29 is 9.63 Å². The van der Waals surface area contributed by atoms with Crippen molar-refractivity contribution in [3.8, 4) is 0 Å². The van der Waals surface area contributed by atoms with Crippen LogP contribution >= 0.6 is 11.8 Å². The number of carbonyl (C=O) groups excluding carboxylic acids is 1. The molecule has 0 bridgehead atoms. The third-order valence-corrected chi connectivity index (χ3v) is 5.24. The van der Waals surface area contributed by atoms with E-state index in [1.807, 2.05) is 48.5 Å². The Morgan fingerprint density at radius 3 is 2.67 bits per heavy atom. The summed E-state index contributed by atoms with van der Waals surface area (Å²) >= 11 is 1.26. The van der Waals surface area contributed by atoms with Crippen LogP contribution in [-0.4, -0.2) is 21.2 Å². The molecule has 0 radical (unpaired) electrons. The predicted molar refractivity (Wildman–Crippen MR) is 104 cm³/mol. The van der Waals surface area contributed by atoms with Crippen molar-refractivity contribution in [3.05, 3.63) is 70.5 Å². The minimum Gasteiger partial charge on any atom is -0.284 e. The van der Waals surface area contributed by atoms with Gasteiger partial charge in [0.15, 0.2) is 5.16 Å². The normalized spacial score (nSPS) is 13.6. The average Bonchev–Trinajstić information content (AvgIpc) is 3.52. The van der Waals surface area contributed by atoms with E-state index in [4.69, 9.17) is 4.84 Å². The number of hydrogen-bond donors (Lipinski definition) is 1. The van der Waals surface area contributed by atoms with Gasteiger partial charge in [-0.3, -0.25) is 19.0 Å². The van der Waals surface area contributed by atoms with Gasteiger partial charge in [0.1, 0.15) is 0 Å². The van der Waals surface area contributed by atoms with Crippen molar-refractivity contribution >= 4 is 28.6 Å². The zero-order valence-corrected chi connectivity index (χ0v) is 15.4. The van der Waals surface area contributed by atoms with E-state index in [9.17, 15) is 9.59 Å². The molecule has 2 aromatic carbocycles. The number of fused-ring (bicyclic) bond motifs is 1. The minimum atomic E-state index is -0.263. The second-order valence-electron chi connectivity index (χ2n) is 6.41. The van der Waals surface area contributed by atoms with Crippen molar-refractivity contribution in [2.45, 2.75) is 30.6 Å². The van der Waals surface area contributed by atoms with E-state index < -0.39 is 0 Å². The highest BCUT2D eigenvalue weighted by atomic mass is 32.2. The topological polar surface area (TPSA) is 73.2 Å². The van der Waals surface area contributed by atoms with Gasteiger partial charge in [-0.2, -0.15) is 0 Å². The van der Waals surface area contributed by atoms with Crippen LogP contribution in [0.25, 0.3) is 10.9 Å². The van der Waals surface area contributed by atoms with Gasteiger partial charge in [0.2, 0.25) is 0 Å². The number of hydroxylamine groups is 1. The summed E-state index contributed by atoms with van der Waals surface area (Å²) in [5.74, 6) is -0.132. The Morgan fingerprint density at radius 2 is 1.89 bits per heavy atom. The molecule has 1 N–H and O–H groups in total. The smallest absolute Gasteiger partial charge is 0.262 e. The molecule has 1 heterocycles. The molecule has 1 fully saturated rings. The molecule has 1 saturated carbocycles. The lowest BCUT2D eigenvalue weighted by Gasteiger charge is -2.12. The molecule has 3 aromatic rings. The Hall–Kier alpha value is -2.64. The number of nitrogens with zero attached hydrogens (tertiary/aromatic N) is 2. The van der Waals surface area contributed by atoms with E-state index in [0.29, 0.717) is 22.7 Å². The van der Waals surface area contributed by atoms with Crippen molar-refractivity contribution in [2.24, 2.45) is 0 Å². The molecule has 1 aliphatic carbocycles. The predicted octanol–water partition coefficient (Wildman–Crippen LogP) is 3.07. The molecule has 1 aliphatic rings. The summed E-state index contributed by atoms with van der Waals surface area (Å²) in [6.07, 6.45) is 1.94. The maximum Gasteiger partial charge on any atom is 0.262 e. The van der Waals surface area contributed by atoms with Crippen LogP contribution in [0.3, 0.4) is 0 Å². The average molecular weight is 381 g/mol. The van der Waals surface area contributed by atoms with E-state index in [0.717, 1.165) is 18.4 Å². The molecular weight excluding hydrogens is 362 g/mol. The molecule has 0 atom stereocenters. The van der Waals surface area contributed by atoms with Crippen LogP contribution in [-0.2, 0) is 16.2 Å². The summed E-state index contributed by atoms with van der Waals surface area (Å²) in [5, 5.41) is 1.20. The number of nitrogens with one attached hydrogen (secondary N) is 1. The van der Waals surface area contributed by atoms with E-state index in [1.54, 1.807) is 10.6 Å². The number of benzene rings is 2. The molecule has 4 rings (SSSR count). The molecule has 0 aliphatic heterocycles. The Labute approximate surface area is 160 Å². The van der Waals surface area contributed by atoms with E-state index in [2.05, 4.69) is 10.5 Å². The highest BCUT2D eigenvalue weighted by Gasteiger charge is 2.28. The first-order valence-electron chi connectivity index (χ1n) is 8.81. The van der Waals surface area contributed by atoms with Gasteiger partial charge in [0.05, 0.1) is 23.3 Å². The minimum absolute atomic E-state index is 0.0358. The van der Waals surface area contributed by atoms with Gasteiger partial charge < -0.3 is 0 Å². The first-order chi connectivity index (χ1) is 13.2. The van der Waals surface area contributed by atoms with Crippen molar-refractivity contribution in [2.75, 3.05) is 5.75 Å². The van der Waals surface area contributed by atoms with Gasteiger partial charge in [-0.15, -0.1) is 0 Å². The van der Waals surface area contributed by atoms with Gasteiger partial charge >= 0.3 is 0 Å². The molecule has 1 aromatic heterocycles. The van der Waals surface area contributed by atoms with E-state index in [-0.39, 0.29) is 23.3 Å². The van der Waals surface area contributed by atoms with Crippen molar-refractivity contribution in [3.63, 3.8) is 0 Å². The van der Waals surface area contributed by atoms with Crippen LogP contribution in [0.5, 0.6) is 0 Å². The number of carbonyl (C=O) groups is 1. The number of rotatable bonds is 7. The monoisotopic (exact) mass is 381 g/mol. The standard InChI is InChI=1S/C20H19N3O3S/c24-18(22-26-12-14-6-2-1-3-7-14)13-27-20-21-17-9-5-4-8-16(17)19(25)23(20)15-10-11-15/h1-9,15H,10-13H2,(H,22,24). The number of hydrogen-bond acceptors (Lipinski definition) is 5. The fraction of sp³-hybridized carbons (Fsp3) is 0.250. The van der Waals surface area contributed by atoms with E-state index >= 15 is 0 Å². The maximum absolute atomic E-state index is 12.8. The highest BCUT2D eigenvalue weighted by Crippen LogP contribution is 2.36. The first kappa shape index (κ1) is 17.8. The molecular formula is C20H19N3O3S. The summed E-state index contributed by atoms with van der Waals surface area (Å²) < 4.78 is 1.73. The number of thioether (sulfide) groups is 1. The van der Waals surface area contributed by atoms with Gasteiger partial charge in [-0.1, -0.05) is 54.2 Å². The Morgan fingerprint density at radius 1 is 1.15 bits per heavy atom. The number of aromatic nitrogens is 2. The molecule has 138 valence electrons. The quantitative estimate of drug-likeness (QED) is 0.387. The summed E-state index contributed by atoms with van der Waals surface area (Å²) in [6.45, 7) is 0.304. The molecule has 27 heavy (non-hydrogen) atoms. The van der Waals surface area contributed by atoms with E-state index in [1.165, 1.54) is 11.8 Å². The highest BCUT2D eigenvalue weighted by molar-refractivity contribution is 7.99. The summed E-state index contributed by atoms with van der Waals surface area (Å²) in [4.78, 5) is 34.7. The molecule has 0 saturated heterocycles. The van der Waals surface area contributed by atoms with Crippen molar-refractivity contribution in [1.29, 1.82) is 0 Å².